The third kappa shape index (κ3) is 6.14. The van der Waals surface area contributed by atoms with E-state index in [2.05, 4.69) is 56.5 Å². The SMILES string of the molecule is CC(=O)Nc1ccc(SCC(=O)Nc2c(C(C)C)cccc2C(C)C)cc1. The van der Waals surface area contributed by atoms with E-state index < -0.39 is 0 Å². The standard InChI is InChI=1S/C22H28N2O2S/c1-14(2)19-7-6-8-20(15(3)4)22(19)24-21(26)13-27-18-11-9-17(10-12-18)23-16(5)25/h6-12,14-15H,13H2,1-5H3,(H,23,25)(H,24,26). The molecule has 0 bridgehead atoms. The molecule has 2 amide bonds. The Bertz CT molecular complexity index is 772. The second-order valence-electron chi connectivity index (χ2n) is 7.16. The quantitative estimate of drug-likeness (QED) is 0.609. The van der Waals surface area contributed by atoms with Gasteiger partial charge < -0.3 is 10.6 Å². The van der Waals surface area contributed by atoms with Gasteiger partial charge in [0.25, 0.3) is 0 Å². The van der Waals surface area contributed by atoms with Crippen LogP contribution in [0.3, 0.4) is 0 Å². The van der Waals surface area contributed by atoms with Gasteiger partial charge in [-0.1, -0.05) is 45.9 Å². The Kier molecular flexibility index (Phi) is 7.48. The predicted octanol–water partition coefficient (Wildman–Crippen LogP) is 5.62. The fraction of sp³-hybridized carbons (Fsp3) is 0.364. The summed E-state index contributed by atoms with van der Waals surface area (Å²) in [7, 11) is 0. The van der Waals surface area contributed by atoms with Crippen LogP contribution >= 0.6 is 11.8 Å². The molecule has 0 fully saturated rings. The van der Waals surface area contributed by atoms with Crippen molar-refractivity contribution in [3.63, 3.8) is 0 Å². The van der Waals surface area contributed by atoms with Gasteiger partial charge in [0.1, 0.15) is 0 Å². The number of amides is 2. The summed E-state index contributed by atoms with van der Waals surface area (Å²) in [5.74, 6) is 0.908. The first-order valence-electron chi connectivity index (χ1n) is 9.21. The van der Waals surface area contributed by atoms with Gasteiger partial charge in [-0.25, -0.2) is 0 Å². The van der Waals surface area contributed by atoms with Crippen molar-refractivity contribution in [3.05, 3.63) is 53.6 Å². The fourth-order valence-corrected chi connectivity index (χ4v) is 3.56. The van der Waals surface area contributed by atoms with Crippen molar-refractivity contribution in [2.24, 2.45) is 0 Å². The zero-order valence-corrected chi connectivity index (χ0v) is 17.4. The Morgan fingerprint density at radius 1 is 0.889 bits per heavy atom. The van der Waals surface area contributed by atoms with E-state index in [1.54, 1.807) is 0 Å². The van der Waals surface area contributed by atoms with Gasteiger partial charge >= 0.3 is 0 Å². The third-order valence-corrected chi connectivity index (χ3v) is 5.19. The van der Waals surface area contributed by atoms with Gasteiger partial charge in [0.15, 0.2) is 0 Å². The van der Waals surface area contributed by atoms with Gasteiger partial charge in [-0.2, -0.15) is 0 Å². The van der Waals surface area contributed by atoms with Crippen LogP contribution in [0.1, 0.15) is 57.6 Å². The molecule has 2 aromatic rings. The van der Waals surface area contributed by atoms with Crippen LogP contribution in [0.5, 0.6) is 0 Å². The van der Waals surface area contributed by atoms with E-state index in [0.29, 0.717) is 17.6 Å². The van der Waals surface area contributed by atoms with Gasteiger partial charge in [0, 0.05) is 23.2 Å². The highest BCUT2D eigenvalue weighted by atomic mass is 32.2. The lowest BCUT2D eigenvalue weighted by Gasteiger charge is -2.20. The average molecular weight is 385 g/mol. The number of para-hydroxylation sites is 1. The molecule has 0 heterocycles. The van der Waals surface area contributed by atoms with Gasteiger partial charge in [0.2, 0.25) is 11.8 Å². The average Bonchev–Trinajstić information content (AvgIpc) is 2.60. The molecule has 2 aromatic carbocycles. The van der Waals surface area contributed by atoms with E-state index in [1.165, 1.54) is 29.8 Å². The fourth-order valence-electron chi connectivity index (χ4n) is 2.86. The summed E-state index contributed by atoms with van der Waals surface area (Å²) in [6.45, 7) is 10.0. The number of thioether (sulfide) groups is 1. The number of rotatable bonds is 7. The molecule has 0 aromatic heterocycles. The van der Waals surface area contributed by atoms with Crippen molar-refractivity contribution in [3.8, 4) is 0 Å². The number of hydrogen-bond donors (Lipinski definition) is 2. The van der Waals surface area contributed by atoms with E-state index in [4.69, 9.17) is 0 Å². The van der Waals surface area contributed by atoms with E-state index in [-0.39, 0.29) is 11.8 Å². The lowest BCUT2D eigenvalue weighted by molar-refractivity contribution is -0.114. The minimum atomic E-state index is -0.0976. The summed E-state index contributed by atoms with van der Waals surface area (Å²) in [5.41, 5.74) is 4.04. The van der Waals surface area contributed by atoms with Crippen LogP contribution in [0.15, 0.2) is 47.4 Å². The summed E-state index contributed by atoms with van der Waals surface area (Å²) in [4.78, 5) is 24.6. The summed E-state index contributed by atoms with van der Waals surface area (Å²) < 4.78 is 0. The van der Waals surface area contributed by atoms with Gasteiger partial charge in [-0.15, -0.1) is 11.8 Å². The first kappa shape index (κ1) is 21.0. The van der Waals surface area contributed by atoms with Crippen molar-refractivity contribution in [1.29, 1.82) is 0 Å². The van der Waals surface area contributed by atoms with Crippen LogP contribution in [-0.2, 0) is 9.59 Å². The Morgan fingerprint density at radius 3 is 1.93 bits per heavy atom. The third-order valence-electron chi connectivity index (χ3n) is 4.18. The highest BCUT2D eigenvalue weighted by Crippen LogP contribution is 2.32. The summed E-state index contributed by atoms with van der Waals surface area (Å²) >= 11 is 1.48. The maximum Gasteiger partial charge on any atom is 0.234 e. The molecule has 0 saturated carbocycles. The van der Waals surface area contributed by atoms with Gasteiger partial charge in [-0.05, 0) is 47.2 Å². The molecule has 5 heteroatoms. The molecular weight excluding hydrogens is 356 g/mol. The van der Waals surface area contributed by atoms with E-state index in [1.807, 2.05) is 24.3 Å². The number of nitrogens with one attached hydrogen (secondary N) is 2. The lowest BCUT2D eigenvalue weighted by atomic mass is 9.92. The number of carbonyl (C=O) groups is 2. The molecule has 2 rings (SSSR count). The first-order valence-corrected chi connectivity index (χ1v) is 10.2. The van der Waals surface area contributed by atoms with E-state index in [9.17, 15) is 9.59 Å². The molecule has 0 radical (unpaired) electrons. The molecule has 144 valence electrons. The molecule has 0 aliphatic carbocycles. The molecule has 0 atom stereocenters. The van der Waals surface area contributed by atoms with Crippen LogP contribution < -0.4 is 10.6 Å². The minimum Gasteiger partial charge on any atom is -0.326 e. The van der Waals surface area contributed by atoms with Gasteiger partial charge in [0.05, 0.1) is 5.75 Å². The van der Waals surface area contributed by atoms with Crippen molar-refractivity contribution in [2.75, 3.05) is 16.4 Å². The maximum absolute atomic E-state index is 12.6. The lowest BCUT2D eigenvalue weighted by Crippen LogP contribution is -2.17. The van der Waals surface area contributed by atoms with Crippen molar-refractivity contribution < 1.29 is 9.59 Å². The maximum atomic E-state index is 12.6. The number of benzene rings is 2. The smallest absolute Gasteiger partial charge is 0.234 e. The normalized spacial score (nSPS) is 10.9. The zero-order chi connectivity index (χ0) is 20.0. The Morgan fingerprint density at radius 2 is 1.44 bits per heavy atom. The molecule has 0 saturated heterocycles. The Labute approximate surface area is 166 Å². The topological polar surface area (TPSA) is 58.2 Å². The Hall–Kier alpha value is -2.27. The largest absolute Gasteiger partial charge is 0.326 e. The molecule has 2 N–H and O–H groups in total. The summed E-state index contributed by atoms with van der Waals surface area (Å²) in [6.07, 6.45) is 0. The minimum absolute atomic E-state index is 0.0130. The van der Waals surface area contributed by atoms with Gasteiger partial charge in [-0.3, -0.25) is 9.59 Å². The van der Waals surface area contributed by atoms with Crippen LogP contribution in [0, 0.1) is 0 Å². The van der Waals surface area contributed by atoms with Crippen molar-refractivity contribution in [2.45, 2.75) is 51.3 Å². The number of anilines is 2. The molecule has 0 unspecified atom stereocenters. The highest BCUT2D eigenvalue weighted by Gasteiger charge is 2.16. The monoisotopic (exact) mass is 384 g/mol. The van der Waals surface area contributed by atoms with Crippen molar-refractivity contribution >= 4 is 35.0 Å². The summed E-state index contributed by atoms with van der Waals surface area (Å²) in [5, 5.41) is 5.87. The van der Waals surface area contributed by atoms with E-state index >= 15 is 0 Å². The van der Waals surface area contributed by atoms with E-state index in [0.717, 1.165) is 16.3 Å². The first-order chi connectivity index (χ1) is 12.8. The second-order valence-corrected chi connectivity index (χ2v) is 8.21. The van der Waals surface area contributed by atoms with Crippen LogP contribution in [0.25, 0.3) is 0 Å². The van der Waals surface area contributed by atoms with Crippen molar-refractivity contribution in [1.82, 2.24) is 0 Å². The molecule has 4 nitrogen and oxygen atoms in total. The molecular formula is C22H28N2O2S. The van der Waals surface area contributed by atoms with Crippen LogP contribution in [0.2, 0.25) is 0 Å². The molecule has 0 aliphatic heterocycles. The molecule has 27 heavy (non-hydrogen) atoms. The predicted molar refractivity (Wildman–Crippen MR) is 115 cm³/mol. The molecule has 0 aliphatic rings. The number of carbonyl (C=O) groups excluding carboxylic acids is 2. The zero-order valence-electron chi connectivity index (χ0n) is 16.6. The highest BCUT2D eigenvalue weighted by molar-refractivity contribution is 8.00. The Balaban J connectivity index is 2.04. The molecule has 0 spiro atoms. The summed E-state index contributed by atoms with van der Waals surface area (Å²) in [6, 6.07) is 13.7. The van der Waals surface area contributed by atoms with Crippen LogP contribution in [-0.4, -0.2) is 17.6 Å². The second kappa shape index (κ2) is 9.60. The van der Waals surface area contributed by atoms with Crippen LogP contribution in [0.4, 0.5) is 11.4 Å². The number of hydrogen-bond acceptors (Lipinski definition) is 3.